The van der Waals surface area contributed by atoms with E-state index in [4.69, 9.17) is 0 Å². The molecule has 2 fully saturated rings. The fourth-order valence-corrected chi connectivity index (χ4v) is 11.1. The van der Waals surface area contributed by atoms with Crippen molar-refractivity contribution in [2.24, 2.45) is 11.8 Å². The van der Waals surface area contributed by atoms with Crippen molar-refractivity contribution in [2.75, 3.05) is 0 Å². The summed E-state index contributed by atoms with van der Waals surface area (Å²) in [7, 11) is 0. The van der Waals surface area contributed by atoms with Crippen LogP contribution in [-0.2, 0) is 36.2 Å². The standard InChI is InChI=1S/2C25H23.C4H7F3Si.2ClH.Zr/c2*1-2-7-18(6-1)14-19-15-22-10-5-11-24(25(22)16-19)23-13-12-20-8-3-4-9-21(20)17-23;1-8-3-2-4(5,6)7;;;/h2*3-5,8-13,15-18H,1-2,6-7,14H2;2-3H2,1H3;2*1H;/q2*-1;;;;+2/p-2. The van der Waals surface area contributed by atoms with Crippen molar-refractivity contribution in [1.29, 1.82) is 0 Å². The van der Waals surface area contributed by atoms with Gasteiger partial charge in [0, 0.05) is 0 Å². The van der Waals surface area contributed by atoms with Crippen molar-refractivity contribution in [3.05, 3.63) is 157 Å². The monoisotopic (exact) mass is 946 g/mol. The van der Waals surface area contributed by atoms with Gasteiger partial charge in [0.25, 0.3) is 0 Å². The van der Waals surface area contributed by atoms with Gasteiger partial charge in [-0.25, -0.2) is 0 Å². The molecule has 0 spiro atoms. The smallest absolute Gasteiger partial charge is 0.0178 e. The van der Waals surface area contributed by atoms with E-state index in [1.165, 1.54) is 164 Å². The van der Waals surface area contributed by atoms with Gasteiger partial charge in [-0.3, -0.25) is 0 Å². The van der Waals surface area contributed by atoms with Crippen LogP contribution in [0.5, 0.6) is 0 Å². The van der Waals surface area contributed by atoms with Crippen LogP contribution in [0.25, 0.3) is 65.3 Å². The average molecular weight is 949 g/mol. The molecule has 0 atom stereocenters. The van der Waals surface area contributed by atoms with Crippen LogP contribution in [0.15, 0.2) is 146 Å². The third kappa shape index (κ3) is 12.4. The van der Waals surface area contributed by atoms with Gasteiger partial charge >= 0.3 is 67.1 Å². The van der Waals surface area contributed by atoms with Crippen molar-refractivity contribution >= 4 is 48.5 Å². The van der Waals surface area contributed by atoms with Crippen LogP contribution in [0, 0.1) is 11.8 Å². The molecule has 0 bridgehead atoms. The van der Waals surface area contributed by atoms with Gasteiger partial charge in [0.15, 0.2) is 0 Å². The Balaban J connectivity index is 0.000000166. The molecule has 0 heterocycles. The Kier molecular flexibility index (Phi) is 16.8. The van der Waals surface area contributed by atoms with E-state index < -0.39 is 18.0 Å². The first-order valence-corrected chi connectivity index (χ1v) is 27.5. The van der Waals surface area contributed by atoms with Gasteiger partial charge in [-0.05, 0) is 69.5 Å². The molecule has 10 rings (SSSR count). The molecule has 314 valence electrons. The maximum atomic E-state index is 11.4. The third-order valence-electron chi connectivity index (χ3n) is 12.5. The van der Waals surface area contributed by atoms with Crippen molar-refractivity contribution in [2.45, 2.75) is 89.4 Å². The molecular weight excluding hydrogens is 896 g/mol. The molecule has 2 aliphatic carbocycles. The normalized spacial score (nSPS) is 14.3. The molecule has 0 nitrogen and oxygen atoms in total. The summed E-state index contributed by atoms with van der Waals surface area (Å²) in [5.41, 5.74) is 7.82. The summed E-state index contributed by atoms with van der Waals surface area (Å²) in [6, 6.07) is 54.5. The molecule has 0 aromatic heterocycles. The second-order valence-corrected chi connectivity index (χ2v) is 25.4. The molecular formula is C54H53Cl2F3SiZr-2. The fourth-order valence-electron chi connectivity index (χ4n) is 9.47. The predicted molar refractivity (Wildman–Crippen MR) is 243 cm³/mol. The zero-order valence-electron chi connectivity index (χ0n) is 34.9. The SMILES string of the molecule is C[Si](=[Zr+2])CCC(F)(F)F.[Cl-].[Cl-].c1ccc2cc(-c3cccc4[cH-]c(CC5CCCC5)cc34)ccc2c1.c1ccc2cc(-c3cccc4[cH-]c(CC5CCCC5)cc34)ccc2c1. The van der Waals surface area contributed by atoms with Gasteiger partial charge in [0.1, 0.15) is 0 Å². The molecule has 0 unspecified atom stereocenters. The zero-order chi connectivity index (χ0) is 40.8. The van der Waals surface area contributed by atoms with E-state index in [0.29, 0.717) is 6.04 Å². The third-order valence-corrected chi connectivity index (χ3v) is 15.4. The summed E-state index contributed by atoms with van der Waals surface area (Å²) in [6.45, 7) is 1.93. The molecule has 0 N–H and O–H groups in total. The van der Waals surface area contributed by atoms with Gasteiger partial charge in [0.2, 0.25) is 0 Å². The second-order valence-electron chi connectivity index (χ2n) is 17.1. The first-order valence-electron chi connectivity index (χ1n) is 21.6. The van der Waals surface area contributed by atoms with Gasteiger partial charge in [0.05, 0.1) is 0 Å². The molecule has 7 heteroatoms. The van der Waals surface area contributed by atoms with Crippen LogP contribution >= 0.6 is 0 Å². The Morgan fingerprint density at radius 1 is 0.541 bits per heavy atom. The van der Waals surface area contributed by atoms with Crippen LogP contribution in [0.1, 0.15) is 68.9 Å². The Morgan fingerprint density at radius 2 is 0.951 bits per heavy atom. The Bertz CT molecular complexity index is 2510. The number of benzene rings is 6. The summed E-state index contributed by atoms with van der Waals surface area (Å²) in [4.78, 5) is 0. The van der Waals surface area contributed by atoms with Crippen LogP contribution in [0.2, 0.25) is 12.6 Å². The van der Waals surface area contributed by atoms with Crippen molar-refractivity contribution in [3.8, 4) is 22.3 Å². The molecule has 0 amide bonds. The van der Waals surface area contributed by atoms with Crippen LogP contribution in [0.3, 0.4) is 0 Å². The summed E-state index contributed by atoms with van der Waals surface area (Å²) in [5, 5.41) is 10.8. The summed E-state index contributed by atoms with van der Waals surface area (Å²) >= 11 is 1.29. The van der Waals surface area contributed by atoms with Crippen molar-refractivity contribution in [1.82, 2.24) is 0 Å². The van der Waals surface area contributed by atoms with Gasteiger partial charge < -0.3 is 24.8 Å². The summed E-state index contributed by atoms with van der Waals surface area (Å²) in [6.07, 6.45) is 9.36. The number of rotatable bonds is 8. The number of halogens is 5. The van der Waals surface area contributed by atoms with E-state index in [1.807, 2.05) is 6.55 Å². The van der Waals surface area contributed by atoms with Crippen LogP contribution < -0.4 is 24.8 Å². The number of hydrogen-bond acceptors (Lipinski definition) is 0. The van der Waals surface area contributed by atoms with Crippen molar-refractivity contribution < 1.29 is 61.3 Å². The van der Waals surface area contributed by atoms with Gasteiger partial charge in [-0.2, -0.15) is 12.1 Å². The Morgan fingerprint density at radius 3 is 1.33 bits per heavy atom. The van der Waals surface area contributed by atoms with Crippen LogP contribution in [-0.4, -0.2) is 11.6 Å². The van der Waals surface area contributed by atoms with E-state index in [9.17, 15) is 13.2 Å². The molecule has 61 heavy (non-hydrogen) atoms. The minimum absolute atomic E-state index is 0. The van der Waals surface area contributed by atoms with E-state index in [2.05, 4.69) is 146 Å². The Hall–Kier alpha value is -3.47. The number of fused-ring (bicyclic) bond motifs is 4. The maximum Gasteiger partial charge on any atom is -0.0178 e. The number of hydrogen-bond donors (Lipinski definition) is 0. The summed E-state index contributed by atoms with van der Waals surface area (Å²) < 4.78 is 34.3. The Labute approximate surface area is 387 Å². The molecule has 2 saturated carbocycles. The van der Waals surface area contributed by atoms with Crippen molar-refractivity contribution in [3.63, 3.8) is 0 Å². The molecule has 0 radical (unpaired) electrons. The number of alkyl halides is 3. The minimum atomic E-state index is -3.93. The summed E-state index contributed by atoms with van der Waals surface area (Å²) in [5.74, 6) is 1.81. The van der Waals surface area contributed by atoms with Crippen LogP contribution in [0.4, 0.5) is 13.2 Å². The average Bonchev–Trinajstić information content (AvgIpc) is 4.08. The molecule has 0 aliphatic heterocycles. The first kappa shape index (κ1) is 47.0. The maximum absolute atomic E-state index is 11.4. The molecule has 0 saturated heterocycles. The molecule has 8 aromatic rings. The molecule has 8 aromatic carbocycles. The topological polar surface area (TPSA) is 0 Å². The fraction of sp³-hybridized carbons (Fsp3) is 0.296. The van der Waals surface area contributed by atoms with E-state index >= 15 is 0 Å². The van der Waals surface area contributed by atoms with E-state index in [0.717, 1.165) is 11.8 Å². The predicted octanol–water partition coefficient (Wildman–Crippen LogP) is 10.3. The van der Waals surface area contributed by atoms with Gasteiger partial charge in [-0.1, -0.05) is 147 Å². The van der Waals surface area contributed by atoms with Gasteiger partial charge in [-0.15, -0.1) is 69.1 Å². The largest absolute Gasteiger partial charge is 1.00 e. The second kappa shape index (κ2) is 21.7. The molecule has 2 aliphatic rings. The quantitative estimate of drug-likeness (QED) is 0.105. The zero-order valence-corrected chi connectivity index (χ0v) is 39.9. The van der Waals surface area contributed by atoms with E-state index in [1.54, 1.807) is 0 Å². The minimum Gasteiger partial charge on any atom is -1.00 e. The first-order chi connectivity index (χ1) is 28.6. The van der Waals surface area contributed by atoms with E-state index in [-0.39, 0.29) is 24.8 Å².